The van der Waals surface area contributed by atoms with E-state index in [4.69, 9.17) is 4.42 Å². The minimum Gasteiger partial charge on any atom is -0.461 e. The summed E-state index contributed by atoms with van der Waals surface area (Å²) < 4.78 is 5.71. The second kappa shape index (κ2) is 4.27. The molecule has 0 aliphatic carbocycles. The molecule has 20 heavy (non-hydrogen) atoms. The fourth-order valence-electron chi connectivity index (χ4n) is 2.82. The first-order chi connectivity index (χ1) is 9.79. The SMILES string of the molecule is Cc1cc2ccc(Cc3c[nH]c4ccccc34)cc2o1. The smallest absolute Gasteiger partial charge is 0.134 e. The van der Waals surface area contributed by atoms with E-state index in [1.807, 2.05) is 6.92 Å². The van der Waals surface area contributed by atoms with E-state index in [1.54, 1.807) is 0 Å². The van der Waals surface area contributed by atoms with E-state index in [0.29, 0.717) is 0 Å². The molecular weight excluding hydrogens is 246 g/mol. The number of aromatic nitrogens is 1. The first kappa shape index (κ1) is 11.4. The van der Waals surface area contributed by atoms with Gasteiger partial charge in [0, 0.05) is 22.5 Å². The first-order valence-electron chi connectivity index (χ1n) is 6.84. The van der Waals surface area contributed by atoms with Crippen LogP contribution in [-0.2, 0) is 6.42 Å². The number of H-pyrrole nitrogens is 1. The highest BCUT2D eigenvalue weighted by Gasteiger charge is 2.06. The molecule has 4 aromatic rings. The molecule has 0 bridgehead atoms. The predicted molar refractivity (Wildman–Crippen MR) is 82.1 cm³/mol. The number of hydrogen-bond donors (Lipinski definition) is 1. The van der Waals surface area contributed by atoms with Crippen LogP contribution in [0, 0.1) is 6.92 Å². The minimum atomic E-state index is 0.916. The van der Waals surface area contributed by atoms with Gasteiger partial charge < -0.3 is 9.40 Å². The van der Waals surface area contributed by atoms with E-state index in [2.05, 4.69) is 59.7 Å². The topological polar surface area (TPSA) is 28.9 Å². The molecule has 0 aliphatic rings. The Hall–Kier alpha value is -2.48. The summed E-state index contributed by atoms with van der Waals surface area (Å²) in [7, 11) is 0. The van der Waals surface area contributed by atoms with Crippen molar-refractivity contribution in [1.29, 1.82) is 0 Å². The van der Waals surface area contributed by atoms with Crippen LogP contribution in [-0.4, -0.2) is 4.98 Å². The van der Waals surface area contributed by atoms with E-state index >= 15 is 0 Å². The van der Waals surface area contributed by atoms with Gasteiger partial charge in [-0.3, -0.25) is 0 Å². The lowest BCUT2D eigenvalue weighted by atomic mass is 10.0. The standard InChI is InChI=1S/C18H15NO/c1-12-8-14-7-6-13(10-18(14)20-12)9-15-11-19-17-5-3-2-4-16(15)17/h2-8,10-11,19H,9H2,1H3. The number of aryl methyl sites for hydroxylation is 1. The average Bonchev–Trinajstić information content (AvgIpc) is 3.02. The summed E-state index contributed by atoms with van der Waals surface area (Å²) in [5.74, 6) is 0.962. The maximum atomic E-state index is 5.71. The van der Waals surface area contributed by atoms with Crippen LogP contribution in [0.4, 0.5) is 0 Å². The van der Waals surface area contributed by atoms with Gasteiger partial charge in [0.25, 0.3) is 0 Å². The second-order valence-corrected chi connectivity index (χ2v) is 5.27. The second-order valence-electron chi connectivity index (χ2n) is 5.27. The maximum Gasteiger partial charge on any atom is 0.134 e. The first-order valence-corrected chi connectivity index (χ1v) is 6.84. The molecule has 2 aromatic carbocycles. The Kier molecular flexibility index (Phi) is 2.43. The van der Waals surface area contributed by atoms with Crippen LogP contribution in [0.5, 0.6) is 0 Å². The van der Waals surface area contributed by atoms with Gasteiger partial charge in [-0.1, -0.05) is 30.3 Å². The molecule has 98 valence electrons. The summed E-state index contributed by atoms with van der Waals surface area (Å²) in [6.45, 7) is 1.99. The van der Waals surface area contributed by atoms with Gasteiger partial charge in [-0.15, -0.1) is 0 Å². The number of fused-ring (bicyclic) bond motifs is 2. The van der Waals surface area contributed by atoms with Gasteiger partial charge in [-0.25, -0.2) is 0 Å². The zero-order chi connectivity index (χ0) is 13.5. The van der Waals surface area contributed by atoms with Gasteiger partial charge in [-0.05, 0) is 42.7 Å². The normalized spacial score (nSPS) is 11.4. The van der Waals surface area contributed by atoms with Gasteiger partial charge in [0.15, 0.2) is 0 Å². The van der Waals surface area contributed by atoms with Crippen molar-refractivity contribution in [3.63, 3.8) is 0 Å². The largest absolute Gasteiger partial charge is 0.461 e. The van der Waals surface area contributed by atoms with Crippen LogP contribution in [0.15, 0.2) is 59.1 Å². The molecule has 0 aliphatic heterocycles. The van der Waals surface area contributed by atoms with E-state index in [9.17, 15) is 0 Å². The molecule has 0 unspecified atom stereocenters. The van der Waals surface area contributed by atoms with Crippen LogP contribution in [0.2, 0.25) is 0 Å². The average molecular weight is 261 g/mol. The molecule has 2 aromatic heterocycles. The number of furan rings is 1. The molecule has 2 heteroatoms. The minimum absolute atomic E-state index is 0.916. The summed E-state index contributed by atoms with van der Waals surface area (Å²) in [6.07, 6.45) is 3.02. The molecule has 0 atom stereocenters. The van der Waals surface area contributed by atoms with Crippen LogP contribution >= 0.6 is 0 Å². The molecule has 0 saturated heterocycles. The molecule has 1 N–H and O–H groups in total. The Morgan fingerprint density at radius 2 is 1.95 bits per heavy atom. The summed E-state index contributed by atoms with van der Waals surface area (Å²) in [5, 5.41) is 2.47. The molecule has 0 spiro atoms. The van der Waals surface area contributed by atoms with E-state index < -0.39 is 0 Å². The third-order valence-electron chi connectivity index (χ3n) is 3.78. The van der Waals surface area contributed by atoms with Crippen molar-refractivity contribution in [1.82, 2.24) is 4.98 Å². The molecule has 0 fully saturated rings. The molecule has 0 radical (unpaired) electrons. The van der Waals surface area contributed by atoms with Gasteiger partial charge in [0.2, 0.25) is 0 Å². The number of hydrogen-bond acceptors (Lipinski definition) is 1. The van der Waals surface area contributed by atoms with Crippen LogP contribution in [0.1, 0.15) is 16.9 Å². The van der Waals surface area contributed by atoms with Gasteiger partial charge in [-0.2, -0.15) is 0 Å². The quantitative estimate of drug-likeness (QED) is 0.551. The van der Waals surface area contributed by atoms with Crippen molar-refractivity contribution >= 4 is 21.9 Å². The Morgan fingerprint density at radius 3 is 2.90 bits per heavy atom. The zero-order valence-electron chi connectivity index (χ0n) is 11.3. The van der Waals surface area contributed by atoms with Crippen molar-refractivity contribution in [3.8, 4) is 0 Å². The molecular formula is C18H15NO. The lowest BCUT2D eigenvalue weighted by Gasteiger charge is -2.00. The van der Waals surface area contributed by atoms with Crippen LogP contribution < -0.4 is 0 Å². The number of para-hydroxylation sites is 1. The highest BCUT2D eigenvalue weighted by atomic mass is 16.3. The van der Waals surface area contributed by atoms with Crippen molar-refractivity contribution in [2.45, 2.75) is 13.3 Å². The highest BCUT2D eigenvalue weighted by molar-refractivity contribution is 5.84. The summed E-state index contributed by atoms with van der Waals surface area (Å²) in [5.41, 5.74) is 4.76. The fourth-order valence-corrected chi connectivity index (χ4v) is 2.82. The van der Waals surface area contributed by atoms with E-state index in [1.165, 1.54) is 27.4 Å². The number of nitrogens with one attached hydrogen (secondary N) is 1. The van der Waals surface area contributed by atoms with Gasteiger partial charge in [0.1, 0.15) is 11.3 Å². The summed E-state index contributed by atoms with van der Waals surface area (Å²) in [6, 6.07) is 16.9. The summed E-state index contributed by atoms with van der Waals surface area (Å²) in [4.78, 5) is 3.33. The van der Waals surface area contributed by atoms with E-state index in [0.717, 1.165) is 17.8 Å². The Morgan fingerprint density at radius 1 is 1.05 bits per heavy atom. The van der Waals surface area contributed by atoms with Crippen molar-refractivity contribution in [2.75, 3.05) is 0 Å². The van der Waals surface area contributed by atoms with Crippen molar-refractivity contribution < 1.29 is 4.42 Å². The molecule has 0 saturated carbocycles. The Balaban J connectivity index is 1.76. The van der Waals surface area contributed by atoms with Gasteiger partial charge >= 0.3 is 0 Å². The maximum absolute atomic E-state index is 5.71. The number of rotatable bonds is 2. The highest BCUT2D eigenvalue weighted by Crippen LogP contribution is 2.24. The third kappa shape index (κ3) is 1.81. The number of benzene rings is 2. The molecule has 4 rings (SSSR count). The number of aromatic amines is 1. The van der Waals surface area contributed by atoms with Crippen LogP contribution in [0.3, 0.4) is 0 Å². The molecule has 2 nitrogen and oxygen atoms in total. The van der Waals surface area contributed by atoms with Crippen molar-refractivity contribution in [2.24, 2.45) is 0 Å². The lowest BCUT2D eigenvalue weighted by Crippen LogP contribution is -1.86. The van der Waals surface area contributed by atoms with Gasteiger partial charge in [0.05, 0.1) is 0 Å². The predicted octanol–water partition coefficient (Wildman–Crippen LogP) is 4.81. The van der Waals surface area contributed by atoms with Crippen molar-refractivity contribution in [3.05, 3.63) is 71.6 Å². The van der Waals surface area contributed by atoms with Crippen LogP contribution in [0.25, 0.3) is 21.9 Å². The van der Waals surface area contributed by atoms with E-state index in [-0.39, 0.29) is 0 Å². The Bertz CT molecular complexity index is 898. The summed E-state index contributed by atoms with van der Waals surface area (Å²) >= 11 is 0. The third-order valence-corrected chi connectivity index (χ3v) is 3.78. The zero-order valence-corrected chi connectivity index (χ0v) is 11.3. The molecule has 0 amide bonds. The monoisotopic (exact) mass is 261 g/mol. The molecule has 2 heterocycles. The Labute approximate surface area is 117 Å². The lowest BCUT2D eigenvalue weighted by molar-refractivity contribution is 0.578. The fraction of sp³-hybridized carbons (Fsp3) is 0.111.